The number of rotatable bonds is 3. The first-order valence-electron chi connectivity index (χ1n) is 6.70. The van der Waals surface area contributed by atoms with Crippen molar-refractivity contribution in [2.45, 2.75) is 18.9 Å². The Morgan fingerprint density at radius 2 is 2.19 bits per heavy atom. The molecule has 1 aromatic heterocycles. The fraction of sp³-hybridized carbons (Fsp3) is 0.357. The first-order valence-corrected chi connectivity index (χ1v) is 9.43. The van der Waals surface area contributed by atoms with Crippen LogP contribution in [0.15, 0.2) is 29.6 Å². The van der Waals surface area contributed by atoms with Gasteiger partial charge in [0.05, 0.1) is 6.26 Å². The minimum Gasteiger partial charge on any atom is -0.325 e. The Hall–Kier alpha value is -1.44. The third kappa shape index (κ3) is 2.95. The standard InChI is InChI=1S/C14H16N2O3S2/c1-21(18,19)16-7-2-3-12(16)14(17)15-11-4-5-13-10(9-11)6-8-20-13/h4-6,8-9,12H,2-3,7H2,1H3,(H,15,17)/t12-/m1/s1. The van der Waals surface area contributed by atoms with Gasteiger partial charge in [0.2, 0.25) is 15.9 Å². The number of hydrogen-bond acceptors (Lipinski definition) is 4. The van der Waals surface area contributed by atoms with Crippen molar-refractivity contribution in [3.8, 4) is 0 Å². The molecular formula is C14H16N2O3S2. The van der Waals surface area contributed by atoms with Crippen LogP contribution >= 0.6 is 11.3 Å². The molecule has 2 aromatic rings. The molecule has 1 atom stereocenters. The number of fused-ring (bicyclic) bond motifs is 1. The topological polar surface area (TPSA) is 66.5 Å². The van der Waals surface area contributed by atoms with E-state index in [1.165, 1.54) is 4.31 Å². The summed E-state index contributed by atoms with van der Waals surface area (Å²) in [6.07, 6.45) is 2.43. The molecule has 0 radical (unpaired) electrons. The van der Waals surface area contributed by atoms with Crippen LogP contribution in [0.1, 0.15) is 12.8 Å². The van der Waals surface area contributed by atoms with Crippen LogP contribution in [-0.4, -0.2) is 37.5 Å². The van der Waals surface area contributed by atoms with E-state index in [1.54, 1.807) is 11.3 Å². The predicted molar refractivity (Wildman–Crippen MR) is 85.0 cm³/mol. The lowest BCUT2D eigenvalue weighted by Crippen LogP contribution is -2.42. The molecule has 0 bridgehead atoms. The summed E-state index contributed by atoms with van der Waals surface area (Å²) in [5.74, 6) is -0.257. The summed E-state index contributed by atoms with van der Waals surface area (Å²) in [6.45, 7) is 0.417. The molecule has 1 N–H and O–H groups in total. The zero-order valence-electron chi connectivity index (χ0n) is 11.6. The zero-order chi connectivity index (χ0) is 15.0. The number of carbonyl (C=O) groups is 1. The number of amides is 1. The summed E-state index contributed by atoms with van der Waals surface area (Å²) in [5, 5.41) is 5.90. The number of nitrogens with one attached hydrogen (secondary N) is 1. The van der Waals surface area contributed by atoms with E-state index < -0.39 is 16.1 Å². The van der Waals surface area contributed by atoms with Gasteiger partial charge in [0.25, 0.3) is 0 Å². The highest BCUT2D eigenvalue weighted by Crippen LogP contribution is 2.25. The van der Waals surface area contributed by atoms with Crippen LogP contribution in [0.3, 0.4) is 0 Å². The molecule has 1 amide bonds. The van der Waals surface area contributed by atoms with Crippen LogP contribution in [0.4, 0.5) is 5.69 Å². The quantitative estimate of drug-likeness (QED) is 0.942. The highest BCUT2D eigenvalue weighted by molar-refractivity contribution is 7.88. The van der Waals surface area contributed by atoms with Crippen LogP contribution in [0.25, 0.3) is 10.1 Å². The molecule has 0 saturated carbocycles. The third-order valence-corrected chi connectivity index (χ3v) is 5.84. The molecule has 1 aromatic carbocycles. The van der Waals surface area contributed by atoms with E-state index in [0.29, 0.717) is 25.1 Å². The van der Waals surface area contributed by atoms with Gasteiger partial charge in [-0.1, -0.05) is 0 Å². The van der Waals surface area contributed by atoms with Gasteiger partial charge in [-0.05, 0) is 47.9 Å². The van der Waals surface area contributed by atoms with E-state index in [9.17, 15) is 13.2 Å². The maximum atomic E-state index is 12.3. The number of anilines is 1. The van der Waals surface area contributed by atoms with Gasteiger partial charge < -0.3 is 5.32 Å². The number of thiophene rings is 1. The molecule has 1 aliphatic rings. The van der Waals surface area contributed by atoms with Gasteiger partial charge in [0.15, 0.2) is 0 Å². The summed E-state index contributed by atoms with van der Waals surface area (Å²) in [4.78, 5) is 12.3. The van der Waals surface area contributed by atoms with Crippen molar-refractivity contribution < 1.29 is 13.2 Å². The van der Waals surface area contributed by atoms with Crippen molar-refractivity contribution >= 4 is 43.0 Å². The summed E-state index contributed by atoms with van der Waals surface area (Å²) < 4.78 is 25.8. The summed E-state index contributed by atoms with van der Waals surface area (Å²) in [7, 11) is -3.34. The van der Waals surface area contributed by atoms with Crippen molar-refractivity contribution in [2.75, 3.05) is 18.1 Å². The Labute approximate surface area is 127 Å². The second kappa shape index (κ2) is 5.40. The number of nitrogens with zero attached hydrogens (tertiary/aromatic N) is 1. The summed E-state index contributed by atoms with van der Waals surface area (Å²) in [5.41, 5.74) is 0.700. The molecule has 5 nitrogen and oxygen atoms in total. The lowest BCUT2D eigenvalue weighted by molar-refractivity contribution is -0.119. The van der Waals surface area contributed by atoms with E-state index in [2.05, 4.69) is 5.32 Å². The van der Waals surface area contributed by atoms with E-state index in [1.807, 2.05) is 29.6 Å². The number of benzene rings is 1. The number of sulfonamides is 1. The van der Waals surface area contributed by atoms with E-state index in [4.69, 9.17) is 0 Å². The largest absolute Gasteiger partial charge is 0.325 e. The molecular weight excluding hydrogens is 308 g/mol. The lowest BCUT2D eigenvalue weighted by Gasteiger charge is -2.21. The van der Waals surface area contributed by atoms with Gasteiger partial charge in [0.1, 0.15) is 6.04 Å². The summed E-state index contributed by atoms with van der Waals surface area (Å²) in [6, 6.07) is 7.10. The molecule has 21 heavy (non-hydrogen) atoms. The maximum absolute atomic E-state index is 12.3. The monoisotopic (exact) mass is 324 g/mol. The Balaban J connectivity index is 1.79. The fourth-order valence-electron chi connectivity index (χ4n) is 2.67. The minimum atomic E-state index is -3.34. The lowest BCUT2D eigenvalue weighted by atomic mass is 10.2. The highest BCUT2D eigenvalue weighted by atomic mass is 32.2. The van der Waals surface area contributed by atoms with Crippen molar-refractivity contribution in [1.82, 2.24) is 4.31 Å². The SMILES string of the molecule is CS(=O)(=O)N1CCC[C@@H]1C(=O)Nc1ccc2sccc2c1. The van der Waals surface area contributed by atoms with Crippen molar-refractivity contribution in [3.63, 3.8) is 0 Å². The minimum absolute atomic E-state index is 0.257. The molecule has 3 rings (SSSR count). The molecule has 7 heteroatoms. The molecule has 2 heterocycles. The van der Waals surface area contributed by atoms with Crippen LogP contribution in [0.2, 0.25) is 0 Å². The normalized spacial score (nSPS) is 20.0. The van der Waals surface area contributed by atoms with Crippen molar-refractivity contribution in [2.24, 2.45) is 0 Å². The molecule has 1 fully saturated rings. The molecule has 0 aliphatic carbocycles. The van der Waals surface area contributed by atoms with E-state index in [0.717, 1.165) is 16.3 Å². The predicted octanol–water partition coefficient (Wildman–Crippen LogP) is 2.26. The second-order valence-electron chi connectivity index (χ2n) is 5.19. The average Bonchev–Trinajstić information content (AvgIpc) is 3.06. The van der Waals surface area contributed by atoms with E-state index in [-0.39, 0.29) is 5.91 Å². The molecule has 0 unspecified atom stereocenters. The van der Waals surface area contributed by atoms with Crippen LogP contribution in [0, 0.1) is 0 Å². The zero-order valence-corrected chi connectivity index (χ0v) is 13.2. The molecule has 0 spiro atoms. The highest BCUT2D eigenvalue weighted by Gasteiger charge is 2.36. The van der Waals surface area contributed by atoms with Crippen LogP contribution in [-0.2, 0) is 14.8 Å². The Bertz CT molecular complexity index is 782. The maximum Gasteiger partial charge on any atom is 0.242 e. The molecule has 1 saturated heterocycles. The third-order valence-electron chi connectivity index (χ3n) is 3.65. The van der Waals surface area contributed by atoms with Gasteiger partial charge in [0, 0.05) is 16.9 Å². The summed E-state index contributed by atoms with van der Waals surface area (Å²) >= 11 is 1.64. The first kappa shape index (κ1) is 14.5. The smallest absolute Gasteiger partial charge is 0.242 e. The average molecular weight is 324 g/mol. The Morgan fingerprint density at radius 3 is 2.95 bits per heavy atom. The first-order chi connectivity index (χ1) is 9.95. The Kier molecular flexibility index (Phi) is 3.73. The van der Waals surface area contributed by atoms with Crippen molar-refractivity contribution in [3.05, 3.63) is 29.6 Å². The van der Waals surface area contributed by atoms with Gasteiger partial charge in [-0.2, -0.15) is 4.31 Å². The van der Waals surface area contributed by atoms with Gasteiger partial charge in [-0.25, -0.2) is 8.42 Å². The van der Waals surface area contributed by atoms with Gasteiger partial charge >= 0.3 is 0 Å². The van der Waals surface area contributed by atoms with Crippen LogP contribution < -0.4 is 5.32 Å². The molecule has 1 aliphatic heterocycles. The van der Waals surface area contributed by atoms with Gasteiger partial charge in [-0.3, -0.25) is 4.79 Å². The number of carbonyl (C=O) groups excluding carboxylic acids is 1. The Morgan fingerprint density at radius 1 is 1.38 bits per heavy atom. The van der Waals surface area contributed by atoms with Gasteiger partial charge in [-0.15, -0.1) is 11.3 Å². The second-order valence-corrected chi connectivity index (χ2v) is 8.08. The van der Waals surface area contributed by atoms with Crippen LogP contribution in [0.5, 0.6) is 0 Å². The molecule has 112 valence electrons. The van der Waals surface area contributed by atoms with E-state index >= 15 is 0 Å². The number of hydrogen-bond donors (Lipinski definition) is 1. The van der Waals surface area contributed by atoms with Crippen molar-refractivity contribution in [1.29, 1.82) is 0 Å². The fourth-order valence-corrected chi connectivity index (χ4v) is 4.56.